The average molecular weight is 447 g/mol. The zero-order valence-corrected chi connectivity index (χ0v) is 19.3. The average Bonchev–Trinajstić information content (AvgIpc) is 2.82. The van der Waals surface area contributed by atoms with Crippen LogP contribution in [-0.2, 0) is 9.59 Å². The van der Waals surface area contributed by atoms with E-state index >= 15 is 0 Å². The number of piperazine rings is 1. The van der Waals surface area contributed by atoms with Crippen molar-refractivity contribution in [2.24, 2.45) is 5.92 Å². The summed E-state index contributed by atoms with van der Waals surface area (Å²) < 4.78 is 13.1. The summed E-state index contributed by atoms with van der Waals surface area (Å²) in [6.07, 6.45) is 3.33. The number of nitrogens with one attached hydrogen (secondary N) is 1. The van der Waals surface area contributed by atoms with Crippen molar-refractivity contribution in [1.82, 2.24) is 20.0 Å². The molecule has 1 aromatic rings. The number of carbonyl (C=O) groups is 3. The molecule has 0 radical (unpaired) electrons. The summed E-state index contributed by atoms with van der Waals surface area (Å²) in [5.74, 6) is -0.842. The van der Waals surface area contributed by atoms with Gasteiger partial charge in [0.1, 0.15) is 11.9 Å². The fraction of sp³-hybridized carbons (Fsp3) is 0.625. The number of benzene rings is 1. The number of nitrogens with zero attached hydrogens (tertiary/aromatic N) is 3. The lowest BCUT2D eigenvalue weighted by molar-refractivity contribution is -0.140. The Kier molecular flexibility index (Phi) is 8.23. The van der Waals surface area contributed by atoms with Crippen molar-refractivity contribution in [3.8, 4) is 0 Å². The first-order valence-corrected chi connectivity index (χ1v) is 11.7. The Morgan fingerprint density at radius 2 is 1.38 bits per heavy atom. The van der Waals surface area contributed by atoms with Gasteiger partial charge in [0.25, 0.3) is 5.91 Å². The second kappa shape index (κ2) is 10.9. The first kappa shape index (κ1) is 24.2. The third-order valence-electron chi connectivity index (χ3n) is 6.52. The zero-order valence-electron chi connectivity index (χ0n) is 19.3. The molecule has 176 valence electrons. The molecule has 0 saturated carbocycles. The number of hydrogen-bond donors (Lipinski definition) is 1. The standard InChI is InChI=1S/C24H35FN4O3/c1-17(2)21(26-22(30)19-7-9-20(25)10-8-19)24(32)29-15-13-27(14-16-29)18(3)23(31)28-11-5-4-6-12-28/h7-10,17-18,21H,4-6,11-16H2,1-3H3,(H,26,30)/t18-,21-/m0/s1. The van der Waals surface area contributed by atoms with Crippen LogP contribution in [0.15, 0.2) is 24.3 Å². The minimum absolute atomic E-state index is 0.0930. The van der Waals surface area contributed by atoms with Gasteiger partial charge in [-0.15, -0.1) is 0 Å². The third-order valence-corrected chi connectivity index (χ3v) is 6.52. The van der Waals surface area contributed by atoms with Crippen molar-refractivity contribution < 1.29 is 18.8 Å². The second-order valence-corrected chi connectivity index (χ2v) is 9.13. The van der Waals surface area contributed by atoms with E-state index in [9.17, 15) is 18.8 Å². The van der Waals surface area contributed by atoms with Gasteiger partial charge in [0, 0.05) is 44.8 Å². The molecule has 2 saturated heterocycles. The van der Waals surface area contributed by atoms with E-state index in [0.717, 1.165) is 25.9 Å². The van der Waals surface area contributed by atoms with Crippen LogP contribution >= 0.6 is 0 Å². The van der Waals surface area contributed by atoms with Crippen LogP contribution in [0.5, 0.6) is 0 Å². The maximum absolute atomic E-state index is 13.2. The van der Waals surface area contributed by atoms with Crippen molar-refractivity contribution in [1.29, 1.82) is 0 Å². The number of piperidine rings is 1. The molecule has 1 N–H and O–H groups in total. The molecule has 2 fully saturated rings. The molecule has 2 atom stereocenters. The van der Waals surface area contributed by atoms with Crippen LogP contribution in [0.4, 0.5) is 4.39 Å². The minimum atomic E-state index is -0.661. The van der Waals surface area contributed by atoms with Crippen LogP contribution < -0.4 is 5.32 Å². The SMILES string of the molecule is CC(C)[C@H](NC(=O)c1ccc(F)cc1)C(=O)N1CCN([C@@H](C)C(=O)N2CCCCC2)CC1. The minimum Gasteiger partial charge on any atom is -0.341 e. The number of halogens is 1. The van der Waals surface area contributed by atoms with E-state index in [1.54, 1.807) is 4.90 Å². The van der Waals surface area contributed by atoms with Gasteiger partial charge in [-0.05, 0) is 56.4 Å². The molecule has 2 heterocycles. The van der Waals surface area contributed by atoms with Gasteiger partial charge in [-0.25, -0.2) is 4.39 Å². The Bertz CT molecular complexity index is 800. The monoisotopic (exact) mass is 446 g/mol. The van der Waals surface area contributed by atoms with Crippen molar-refractivity contribution in [3.63, 3.8) is 0 Å². The molecular formula is C24H35FN4O3. The fourth-order valence-electron chi connectivity index (χ4n) is 4.40. The van der Waals surface area contributed by atoms with Crippen molar-refractivity contribution in [2.75, 3.05) is 39.3 Å². The molecule has 0 aliphatic carbocycles. The third kappa shape index (κ3) is 5.85. The summed E-state index contributed by atoms with van der Waals surface area (Å²) in [7, 11) is 0. The Hall–Kier alpha value is -2.48. The summed E-state index contributed by atoms with van der Waals surface area (Å²) in [6, 6.07) is 4.42. The van der Waals surface area contributed by atoms with Crippen LogP contribution in [0.25, 0.3) is 0 Å². The number of carbonyl (C=O) groups excluding carboxylic acids is 3. The molecule has 0 unspecified atom stereocenters. The van der Waals surface area contributed by atoms with Crippen LogP contribution in [0.1, 0.15) is 50.4 Å². The predicted octanol–water partition coefficient (Wildman–Crippen LogP) is 2.13. The molecule has 2 aliphatic heterocycles. The first-order valence-electron chi connectivity index (χ1n) is 11.7. The van der Waals surface area contributed by atoms with Gasteiger partial charge >= 0.3 is 0 Å². The highest BCUT2D eigenvalue weighted by molar-refractivity contribution is 5.97. The molecule has 0 bridgehead atoms. The van der Waals surface area contributed by atoms with E-state index in [4.69, 9.17) is 0 Å². The van der Waals surface area contributed by atoms with Gasteiger partial charge in [-0.3, -0.25) is 19.3 Å². The fourth-order valence-corrected chi connectivity index (χ4v) is 4.40. The van der Waals surface area contributed by atoms with Gasteiger partial charge in [-0.1, -0.05) is 13.8 Å². The lowest BCUT2D eigenvalue weighted by atomic mass is 10.0. The lowest BCUT2D eigenvalue weighted by Gasteiger charge is -2.40. The van der Waals surface area contributed by atoms with Crippen LogP contribution in [0, 0.1) is 11.7 Å². The summed E-state index contributed by atoms with van der Waals surface area (Å²) in [5, 5.41) is 2.82. The van der Waals surface area contributed by atoms with E-state index in [2.05, 4.69) is 10.2 Å². The lowest BCUT2D eigenvalue weighted by Crippen LogP contribution is -2.59. The highest BCUT2D eigenvalue weighted by Crippen LogP contribution is 2.16. The molecule has 0 spiro atoms. The van der Waals surface area contributed by atoms with Crippen LogP contribution in [0.2, 0.25) is 0 Å². The summed E-state index contributed by atoms with van der Waals surface area (Å²) in [4.78, 5) is 44.4. The van der Waals surface area contributed by atoms with Gasteiger partial charge < -0.3 is 15.1 Å². The normalized spacial score (nSPS) is 19.5. The van der Waals surface area contributed by atoms with E-state index in [1.807, 2.05) is 25.7 Å². The number of rotatable bonds is 6. The summed E-state index contributed by atoms with van der Waals surface area (Å²) in [6.45, 7) is 9.71. The topological polar surface area (TPSA) is 73.0 Å². The molecule has 0 aromatic heterocycles. The van der Waals surface area contributed by atoms with Gasteiger partial charge in [0.05, 0.1) is 6.04 Å². The summed E-state index contributed by atoms with van der Waals surface area (Å²) >= 11 is 0. The Balaban J connectivity index is 1.55. The van der Waals surface area contributed by atoms with Gasteiger partial charge in [-0.2, -0.15) is 0 Å². The predicted molar refractivity (Wildman–Crippen MR) is 121 cm³/mol. The summed E-state index contributed by atoms with van der Waals surface area (Å²) in [5.41, 5.74) is 0.319. The maximum atomic E-state index is 13.2. The molecule has 3 amide bonds. The molecule has 32 heavy (non-hydrogen) atoms. The molecular weight excluding hydrogens is 411 g/mol. The molecule has 7 nitrogen and oxygen atoms in total. The van der Waals surface area contributed by atoms with Crippen molar-refractivity contribution in [2.45, 2.75) is 52.1 Å². The van der Waals surface area contributed by atoms with E-state index < -0.39 is 17.8 Å². The van der Waals surface area contributed by atoms with E-state index in [1.165, 1.54) is 30.7 Å². The number of amides is 3. The largest absolute Gasteiger partial charge is 0.341 e. The second-order valence-electron chi connectivity index (χ2n) is 9.13. The van der Waals surface area contributed by atoms with E-state index in [-0.39, 0.29) is 23.8 Å². The molecule has 8 heteroatoms. The maximum Gasteiger partial charge on any atom is 0.251 e. The Morgan fingerprint density at radius 1 is 0.812 bits per heavy atom. The first-order chi connectivity index (χ1) is 15.3. The van der Waals surface area contributed by atoms with Gasteiger partial charge in [0.15, 0.2) is 0 Å². The molecule has 1 aromatic carbocycles. The zero-order chi connectivity index (χ0) is 23.3. The van der Waals surface area contributed by atoms with Crippen LogP contribution in [0.3, 0.4) is 0 Å². The molecule has 2 aliphatic rings. The highest BCUT2D eigenvalue weighted by atomic mass is 19.1. The van der Waals surface area contributed by atoms with Crippen molar-refractivity contribution in [3.05, 3.63) is 35.6 Å². The Labute approximate surface area is 189 Å². The van der Waals surface area contributed by atoms with E-state index in [0.29, 0.717) is 31.7 Å². The smallest absolute Gasteiger partial charge is 0.251 e. The van der Waals surface area contributed by atoms with Crippen molar-refractivity contribution >= 4 is 17.7 Å². The number of hydrogen-bond acceptors (Lipinski definition) is 4. The quantitative estimate of drug-likeness (QED) is 0.727. The highest BCUT2D eigenvalue weighted by Gasteiger charge is 2.34. The van der Waals surface area contributed by atoms with Gasteiger partial charge in [0.2, 0.25) is 11.8 Å². The number of likely N-dealkylation sites (tertiary alicyclic amines) is 1. The Morgan fingerprint density at radius 3 is 1.94 bits per heavy atom. The van der Waals surface area contributed by atoms with Crippen LogP contribution in [-0.4, -0.2) is 83.8 Å². The molecule has 3 rings (SSSR count).